The van der Waals surface area contributed by atoms with Gasteiger partial charge in [0.05, 0.1) is 13.7 Å². The molecule has 0 amide bonds. The Morgan fingerprint density at radius 2 is 1.60 bits per heavy atom. The van der Waals surface area contributed by atoms with E-state index >= 15 is 0 Å². The van der Waals surface area contributed by atoms with Crippen LogP contribution in [0.5, 0.6) is 11.5 Å². The molecule has 0 atom stereocenters. The SMILES string of the molecule is COc1ccc(CCN2CCC(CN(C)Cc3ccc(OCCO)cc3)CC2)cc1. The minimum Gasteiger partial charge on any atom is -0.497 e. The first-order valence-electron chi connectivity index (χ1n) is 11.0. The summed E-state index contributed by atoms with van der Waals surface area (Å²) in [6.07, 6.45) is 3.66. The Balaban J connectivity index is 1.34. The van der Waals surface area contributed by atoms with Crippen LogP contribution in [-0.4, -0.2) is 68.5 Å². The third-order valence-electron chi connectivity index (χ3n) is 5.89. The van der Waals surface area contributed by atoms with Crippen LogP contribution in [0.1, 0.15) is 24.0 Å². The van der Waals surface area contributed by atoms with E-state index < -0.39 is 0 Å². The number of benzene rings is 2. The summed E-state index contributed by atoms with van der Waals surface area (Å²) in [4.78, 5) is 5.03. The summed E-state index contributed by atoms with van der Waals surface area (Å²) in [5.74, 6) is 2.52. The molecule has 0 bridgehead atoms. The number of methoxy groups -OCH3 is 1. The smallest absolute Gasteiger partial charge is 0.119 e. The summed E-state index contributed by atoms with van der Waals surface area (Å²) in [7, 11) is 3.92. The highest BCUT2D eigenvalue weighted by Crippen LogP contribution is 2.20. The highest BCUT2D eigenvalue weighted by Gasteiger charge is 2.20. The van der Waals surface area contributed by atoms with Crippen LogP contribution in [0.2, 0.25) is 0 Å². The zero-order chi connectivity index (χ0) is 21.2. The first kappa shape index (κ1) is 22.6. The number of likely N-dealkylation sites (tertiary alicyclic amines) is 1. The molecule has 0 saturated carbocycles. The maximum Gasteiger partial charge on any atom is 0.119 e. The van der Waals surface area contributed by atoms with E-state index in [1.54, 1.807) is 7.11 Å². The molecule has 1 N–H and O–H groups in total. The van der Waals surface area contributed by atoms with Crippen LogP contribution in [0.4, 0.5) is 0 Å². The summed E-state index contributed by atoms with van der Waals surface area (Å²) in [6, 6.07) is 16.6. The number of piperidine rings is 1. The van der Waals surface area contributed by atoms with Gasteiger partial charge in [0.15, 0.2) is 0 Å². The molecule has 1 aliphatic rings. The lowest BCUT2D eigenvalue weighted by Crippen LogP contribution is -2.38. The molecule has 3 rings (SSSR count). The maximum absolute atomic E-state index is 8.83. The Morgan fingerprint density at radius 3 is 2.23 bits per heavy atom. The van der Waals surface area contributed by atoms with Gasteiger partial charge in [-0.1, -0.05) is 24.3 Å². The molecule has 164 valence electrons. The van der Waals surface area contributed by atoms with E-state index in [1.165, 1.54) is 37.1 Å². The molecule has 5 nitrogen and oxygen atoms in total. The van der Waals surface area contributed by atoms with E-state index in [0.29, 0.717) is 6.61 Å². The van der Waals surface area contributed by atoms with Gasteiger partial charge in [-0.15, -0.1) is 0 Å². The number of hydrogen-bond donors (Lipinski definition) is 1. The molecule has 0 radical (unpaired) electrons. The topological polar surface area (TPSA) is 45.2 Å². The van der Waals surface area contributed by atoms with Gasteiger partial charge in [-0.05, 0) is 80.7 Å². The third-order valence-corrected chi connectivity index (χ3v) is 5.89. The van der Waals surface area contributed by atoms with Crippen LogP contribution in [0.3, 0.4) is 0 Å². The van der Waals surface area contributed by atoms with Crippen molar-refractivity contribution in [2.24, 2.45) is 5.92 Å². The minimum absolute atomic E-state index is 0.0464. The standard InChI is InChI=1S/C25H36N2O3/c1-26(19-22-5-9-25(10-6-22)30-18-17-28)20-23-12-15-27(16-13-23)14-11-21-3-7-24(29-2)8-4-21/h3-10,23,28H,11-20H2,1-2H3. The van der Waals surface area contributed by atoms with Crippen molar-refractivity contribution in [1.82, 2.24) is 9.80 Å². The molecular weight excluding hydrogens is 376 g/mol. The fourth-order valence-electron chi connectivity index (χ4n) is 4.14. The van der Waals surface area contributed by atoms with Crippen molar-refractivity contribution in [2.75, 3.05) is 53.6 Å². The summed E-state index contributed by atoms with van der Waals surface area (Å²) >= 11 is 0. The Hall–Kier alpha value is -2.08. The second-order valence-corrected chi connectivity index (χ2v) is 8.30. The molecule has 2 aromatic rings. The van der Waals surface area contributed by atoms with Crippen molar-refractivity contribution in [2.45, 2.75) is 25.8 Å². The molecule has 2 aromatic carbocycles. The zero-order valence-electron chi connectivity index (χ0n) is 18.4. The molecular formula is C25H36N2O3. The number of rotatable bonds is 11. The van der Waals surface area contributed by atoms with Gasteiger partial charge in [0.1, 0.15) is 18.1 Å². The Kier molecular flexibility index (Phi) is 9.00. The van der Waals surface area contributed by atoms with Crippen molar-refractivity contribution in [3.63, 3.8) is 0 Å². The van der Waals surface area contributed by atoms with Crippen molar-refractivity contribution in [3.8, 4) is 11.5 Å². The second kappa shape index (κ2) is 11.9. The first-order valence-corrected chi connectivity index (χ1v) is 11.0. The number of hydrogen-bond acceptors (Lipinski definition) is 5. The van der Waals surface area contributed by atoms with Crippen LogP contribution >= 0.6 is 0 Å². The van der Waals surface area contributed by atoms with Gasteiger partial charge in [-0.25, -0.2) is 0 Å². The molecule has 30 heavy (non-hydrogen) atoms. The van der Waals surface area contributed by atoms with Gasteiger partial charge in [0.2, 0.25) is 0 Å². The lowest BCUT2D eigenvalue weighted by Gasteiger charge is -2.34. The Morgan fingerprint density at radius 1 is 0.967 bits per heavy atom. The highest BCUT2D eigenvalue weighted by molar-refractivity contribution is 5.28. The zero-order valence-corrected chi connectivity index (χ0v) is 18.4. The quantitative estimate of drug-likeness (QED) is 0.612. The largest absolute Gasteiger partial charge is 0.497 e. The van der Waals surface area contributed by atoms with Gasteiger partial charge in [-0.3, -0.25) is 0 Å². The van der Waals surface area contributed by atoms with E-state index in [4.69, 9.17) is 14.6 Å². The summed E-state index contributed by atoms with van der Waals surface area (Å²) in [5.41, 5.74) is 2.68. The summed E-state index contributed by atoms with van der Waals surface area (Å²) < 4.78 is 10.7. The van der Waals surface area contributed by atoms with Crippen LogP contribution in [-0.2, 0) is 13.0 Å². The molecule has 1 heterocycles. The predicted molar refractivity (Wildman–Crippen MR) is 121 cm³/mol. The fraction of sp³-hybridized carbons (Fsp3) is 0.520. The lowest BCUT2D eigenvalue weighted by molar-refractivity contribution is 0.153. The van der Waals surface area contributed by atoms with E-state index in [2.05, 4.69) is 41.1 Å². The van der Waals surface area contributed by atoms with Gasteiger partial charge >= 0.3 is 0 Å². The molecule has 1 fully saturated rings. The molecule has 1 aliphatic heterocycles. The van der Waals surface area contributed by atoms with E-state index in [-0.39, 0.29) is 6.61 Å². The van der Waals surface area contributed by atoms with Gasteiger partial charge < -0.3 is 24.4 Å². The van der Waals surface area contributed by atoms with E-state index in [0.717, 1.165) is 43.5 Å². The van der Waals surface area contributed by atoms with Crippen molar-refractivity contribution >= 4 is 0 Å². The van der Waals surface area contributed by atoms with Crippen LogP contribution < -0.4 is 9.47 Å². The lowest BCUT2D eigenvalue weighted by atomic mass is 9.95. The van der Waals surface area contributed by atoms with Crippen LogP contribution in [0, 0.1) is 5.92 Å². The average Bonchev–Trinajstić information content (AvgIpc) is 2.78. The summed E-state index contributed by atoms with van der Waals surface area (Å²) in [6.45, 7) is 6.03. The highest BCUT2D eigenvalue weighted by atomic mass is 16.5. The molecule has 5 heteroatoms. The van der Waals surface area contributed by atoms with Crippen molar-refractivity contribution in [1.29, 1.82) is 0 Å². The molecule has 0 aromatic heterocycles. The summed E-state index contributed by atoms with van der Waals surface area (Å²) in [5, 5.41) is 8.83. The molecule has 0 aliphatic carbocycles. The van der Waals surface area contributed by atoms with Crippen molar-refractivity contribution in [3.05, 3.63) is 59.7 Å². The molecule has 1 saturated heterocycles. The first-order chi connectivity index (χ1) is 14.7. The third kappa shape index (κ3) is 7.31. The normalized spacial score (nSPS) is 15.5. The van der Waals surface area contributed by atoms with Crippen LogP contribution in [0.25, 0.3) is 0 Å². The molecule has 0 unspecified atom stereocenters. The second-order valence-electron chi connectivity index (χ2n) is 8.30. The molecule has 0 spiro atoms. The number of ether oxygens (including phenoxy) is 2. The van der Waals surface area contributed by atoms with Crippen molar-refractivity contribution < 1.29 is 14.6 Å². The van der Waals surface area contributed by atoms with Gasteiger partial charge in [-0.2, -0.15) is 0 Å². The van der Waals surface area contributed by atoms with Crippen LogP contribution in [0.15, 0.2) is 48.5 Å². The van der Waals surface area contributed by atoms with Gasteiger partial charge in [0.25, 0.3) is 0 Å². The van der Waals surface area contributed by atoms with E-state index in [1.807, 2.05) is 24.3 Å². The monoisotopic (exact) mass is 412 g/mol. The predicted octanol–water partition coefficient (Wildman–Crippen LogP) is 3.45. The van der Waals surface area contributed by atoms with Gasteiger partial charge in [0, 0.05) is 19.6 Å². The minimum atomic E-state index is 0.0464. The number of aliphatic hydroxyl groups excluding tert-OH is 1. The average molecular weight is 413 g/mol. The fourth-order valence-corrected chi connectivity index (χ4v) is 4.14. The Labute approximate surface area is 181 Å². The Bertz CT molecular complexity index is 725. The number of aliphatic hydroxyl groups is 1. The number of nitrogens with zero attached hydrogens (tertiary/aromatic N) is 2. The maximum atomic E-state index is 8.83. The van der Waals surface area contributed by atoms with E-state index in [9.17, 15) is 0 Å².